The average molecular weight is 589 g/mol. The Morgan fingerprint density at radius 2 is 1.66 bits per heavy atom. The van der Waals surface area contributed by atoms with E-state index in [1.165, 1.54) is 40.6 Å². The van der Waals surface area contributed by atoms with Crippen LogP contribution in [0, 0.1) is 12.7 Å². The molecule has 0 radical (unpaired) electrons. The number of halogens is 6. The molecule has 5 rings (SSSR count). The van der Waals surface area contributed by atoms with E-state index in [2.05, 4.69) is 0 Å². The second-order valence-corrected chi connectivity index (χ2v) is 11.2. The van der Waals surface area contributed by atoms with Crippen molar-refractivity contribution in [3.63, 3.8) is 0 Å². The molecule has 0 amide bonds. The van der Waals surface area contributed by atoms with Crippen molar-refractivity contribution in [2.45, 2.75) is 49.5 Å². The molecule has 1 aliphatic rings. The van der Waals surface area contributed by atoms with Crippen molar-refractivity contribution in [1.82, 2.24) is 4.57 Å². The predicted molar refractivity (Wildman–Crippen MR) is 148 cm³/mol. The molecule has 2 atom stereocenters. The van der Waals surface area contributed by atoms with Gasteiger partial charge in [0, 0.05) is 30.2 Å². The van der Waals surface area contributed by atoms with E-state index in [0.717, 1.165) is 30.7 Å². The van der Waals surface area contributed by atoms with Crippen LogP contribution >= 0.6 is 11.8 Å². The Morgan fingerprint density at radius 3 is 2.32 bits per heavy atom. The number of alkyl halides is 5. The van der Waals surface area contributed by atoms with Crippen LogP contribution in [0.4, 0.5) is 26.3 Å². The van der Waals surface area contributed by atoms with Gasteiger partial charge in [-0.05, 0) is 47.4 Å². The van der Waals surface area contributed by atoms with Crippen molar-refractivity contribution < 1.29 is 26.3 Å². The molecule has 2 heterocycles. The van der Waals surface area contributed by atoms with E-state index < -0.39 is 53.1 Å². The fourth-order valence-electron chi connectivity index (χ4n) is 5.36. The van der Waals surface area contributed by atoms with Crippen LogP contribution in [0.2, 0.25) is 0 Å². The van der Waals surface area contributed by atoms with E-state index in [-0.39, 0.29) is 16.7 Å². The Bertz CT molecular complexity index is 1660. The number of hydrogen-bond acceptors (Lipinski definition) is 3. The molecular formula is C31H26F6N2OS. The molecule has 41 heavy (non-hydrogen) atoms. The summed E-state index contributed by atoms with van der Waals surface area (Å²) in [4.78, 5) is 14.1. The van der Waals surface area contributed by atoms with Gasteiger partial charge in [-0.1, -0.05) is 54.6 Å². The van der Waals surface area contributed by atoms with Crippen LogP contribution in [0.1, 0.15) is 52.4 Å². The fourth-order valence-corrected chi connectivity index (χ4v) is 6.81. The first-order valence-electron chi connectivity index (χ1n) is 12.8. The number of fused-ring (bicyclic) bond motifs is 1. The summed E-state index contributed by atoms with van der Waals surface area (Å²) in [5.74, 6) is -3.88. The zero-order chi connectivity index (χ0) is 29.7. The molecule has 4 aromatic rings. The molecule has 3 nitrogen and oxygen atoms in total. The maximum atomic E-state index is 15.0. The predicted octanol–water partition coefficient (Wildman–Crippen LogP) is 8.03. The first-order valence-corrected chi connectivity index (χ1v) is 13.8. The van der Waals surface area contributed by atoms with Crippen molar-refractivity contribution in [1.29, 1.82) is 0 Å². The SMILES string of the molecule is Cc1c(Cc2c(F)cccc2C(F)(F)F)c2n(c(=O)c1-c1cccc(C(C)(F)F)c1)C(C(N)c1ccccc1)CS2. The largest absolute Gasteiger partial charge is 0.416 e. The van der Waals surface area contributed by atoms with Gasteiger partial charge in [-0.2, -0.15) is 13.2 Å². The molecule has 0 fully saturated rings. The molecule has 2 N–H and O–H groups in total. The Hall–Kier alpha value is -3.50. The number of nitrogens with zero attached hydrogens (tertiary/aromatic N) is 1. The molecule has 0 bridgehead atoms. The van der Waals surface area contributed by atoms with Gasteiger partial charge in [0.05, 0.1) is 28.2 Å². The number of hydrogen-bond donors (Lipinski definition) is 1. The first-order chi connectivity index (χ1) is 19.3. The highest BCUT2D eigenvalue weighted by Gasteiger charge is 2.38. The quantitative estimate of drug-likeness (QED) is 0.232. The van der Waals surface area contributed by atoms with Gasteiger partial charge in [-0.3, -0.25) is 9.36 Å². The molecule has 0 saturated carbocycles. The molecule has 1 aromatic heterocycles. The zero-order valence-corrected chi connectivity index (χ0v) is 22.9. The van der Waals surface area contributed by atoms with Crippen molar-refractivity contribution in [2.24, 2.45) is 5.73 Å². The van der Waals surface area contributed by atoms with Gasteiger partial charge < -0.3 is 5.73 Å². The Morgan fingerprint density at radius 1 is 0.976 bits per heavy atom. The second-order valence-electron chi connectivity index (χ2n) is 10.2. The first kappa shape index (κ1) is 29.0. The Kier molecular flexibility index (Phi) is 7.59. The third-order valence-corrected chi connectivity index (χ3v) is 8.72. The normalized spacial score (nSPS) is 16.1. The van der Waals surface area contributed by atoms with E-state index in [1.54, 1.807) is 19.1 Å². The van der Waals surface area contributed by atoms with Gasteiger partial charge in [0.15, 0.2) is 0 Å². The molecule has 214 valence electrons. The number of nitrogens with two attached hydrogens (primary N) is 1. The summed E-state index contributed by atoms with van der Waals surface area (Å²) in [5, 5.41) is 0.390. The molecule has 3 aromatic carbocycles. The van der Waals surface area contributed by atoms with Crippen LogP contribution in [-0.2, 0) is 18.5 Å². The van der Waals surface area contributed by atoms with Crippen LogP contribution in [0.25, 0.3) is 11.1 Å². The highest BCUT2D eigenvalue weighted by molar-refractivity contribution is 7.99. The highest BCUT2D eigenvalue weighted by Crippen LogP contribution is 2.44. The minimum Gasteiger partial charge on any atom is -0.322 e. The number of rotatable bonds is 6. The van der Waals surface area contributed by atoms with E-state index in [0.29, 0.717) is 21.9 Å². The van der Waals surface area contributed by atoms with Crippen molar-refractivity contribution in [3.05, 3.63) is 122 Å². The molecule has 0 aliphatic carbocycles. The van der Waals surface area contributed by atoms with Crippen molar-refractivity contribution in [2.75, 3.05) is 5.75 Å². The maximum absolute atomic E-state index is 15.0. The van der Waals surface area contributed by atoms with Gasteiger partial charge in [0.25, 0.3) is 11.5 Å². The summed E-state index contributed by atoms with van der Waals surface area (Å²) in [6.45, 7) is 2.30. The van der Waals surface area contributed by atoms with Gasteiger partial charge in [-0.25, -0.2) is 13.2 Å². The van der Waals surface area contributed by atoms with Gasteiger partial charge >= 0.3 is 6.18 Å². The molecular weight excluding hydrogens is 562 g/mol. The van der Waals surface area contributed by atoms with E-state index in [1.807, 2.05) is 18.2 Å². The molecule has 1 aliphatic heterocycles. The van der Waals surface area contributed by atoms with Crippen LogP contribution in [0.3, 0.4) is 0 Å². The Labute approximate surface area is 237 Å². The third kappa shape index (κ3) is 5.42. The van der Waals surface area contributed by atoms with Crippen LogP contribution in [0.5, 0.6) is 0 Å². The van der Waals surface area contributed by atoms with Crippen LogP contribution in [-0.4, -0.2) is 10.3 Å². The van der Waals surface area contributed by atoms with E-state index in [4.69, 9.17) is 5.73 Å². The molecule has 0 saturated heterocycles. The standard InChI is InChI=1S/C31H26F6N2OS/c1-17-21(15-22-23(31(35,36)37)12-7-13-24(22)32)29-39(25(16-41-29)27(38)18-8-4-3-5-9-18)28(40)26(17)19-10-6-11-20(14-19)30(2,33)34/h3-14,25,27H,15-16,38H2,1-2H3. The third-order valence-electron chi connectivity index (χ3n) is 7.49. The summed E-state index contributed by atoms with van der Waals surface area (Å²) in [5.41, 5.74) is 5.76. The van der Waals surface area contributed by atoms with Crippen molar-refractivity contribution in [3.8, 4) is 11.1 Å². The smallest absolute Gasteiger partial charge is 0.322 e. The summed E-state index contributed by atoms with van der Waals surface area (Å²) < 4.78 is 86.7. The maximum Gasteiger partial charge on any atom is 0.416 e. The topological polar surface area (TPSA) is 48.0 Å². The molecule has 0 spiro atoms. The molecule has 10 heteroatoms. The minimum absolute atomic E-state index is 0.0625. The number of thioether (sulfide) groups is 1. The lowest BCUT2D eigenvalue weighted by Crippen LogP contribution is -2.33. The van der Waals surface area contributed by atoms with Gasteiger partial charge in [0.2, 0.25) is 0 Å². The van der Waals surface area contributed by atoms with E-state index >= 15 is 0 Å². The summed E-state index contributed by atoms with van der Waals surface area (Å²) in [6, 6.07) is 16.0. The van der Waals surface area contributed by atoms with Gasteiger partial charge in [0.1, 0.15) is 5.82 Å². The van der Waals surface area contributed by atoms with Crippen molar-refractivity contribution >= 4 is 11.8 Å². The summed E-state index contributed by atoms with van der Waals surface area (Å²) in [6.07, 6.45) is -5.27. The van der Waals surface area contributed by atoms with Gasteiger partial charge in [-0.15, -0.1) is 11.8 Å². The monoisotopic (exact) mass is 588 g/mol. The second kappa shape index (κ2) is 10.7. The van der Waals surface area contributed by atoms with Crippen LogP contribution < -0.4 is 11.3 Å². The number of aromatic nitrogens is 1. The lowest BCUT2D eigenvalue weighted by Gasteiger charge is -2.25. The Balaban J connectivity index is 1.77. The zero-order valence-electron chi connectivity index (χ0n) is 22.1. The summed E-state index contributed by atoms with van der Waals surface area (Å²) >= 11 is 1.26. The van der Waals surface area contributed by atoms with Crippen LogP contribution in [0.15, 0.2) is 82.6 Å². The number of benzene rings is 3. The minimum atomic E-state index is -4.81. The lowest BCUT2D eigenvalue weighted by molar-refractivity contribution is -0.138. The fraction of sp³-hybridized carbons (Fsp3) is 0.258. The highest BCUT2D eigenvalue weighted by atomic mass is 32.2. The lowest BCUT2D eigenvalue weighted by atomic mass is 9.91. The average Bonchev–Trinajstić information content (AvgIpc) is 3.36. The summed E-state index contributed by atoms with van der Waals surface area (Å²) in [7, 11) is 0. The number of pyridine rings is 1. The molecule has 2 unspecified atom stereocenters. The van der Waals surface area contributed by atoms with E-state index in [9.17, 15) is 31.1 Å².